The number of unbranched alkanes of at least 4 members (excludes halogenated alkanes) is 4. The molecule has 0 aromatic heterocycles. The van der Waals surface area contributed by atoms with Crippen molar-refractivity contribution in [3.63, 3.8) is 0 Å². The van der Waals surface area contributed by atoms with E-state index in [1.165, 1.54) is 0 Å². The second-order valence-electron chi connectivity index (χ2n) is 10.8. The van der Waals surface area contributed by atoms with Crippen LogP contribution in [-0.2, 0) is 22.8 Å². The number of amides is 4. The molecule has 4 rings (SSSR count). The largest absolute Gasteiger partial charge is 0.488 e. The topological polar surface area (TPSA) is 135 Å². The number of ether oxygens (including phenoxy) is 2. The molecular weight excluding hydrogens is 596 g/mol. The van der Waals surface area contributed by atoms with E-state index < -0.39 is 11.8 Å². The maximum atomic E-state index is 12.7. The van der Waals surface area contributed by atoms with Gasteiger partial charge in [-0.3, -0.25) is 40.9 Å². The van der Waals surface area contributed by atoms with Crippen LogP contribution in [0.15, 0.2) is 109 Å². The Hall–Kier alpha value is -5.64. The van der Waals surface area contributed by atoms with Gasteiger partial charge in [0.25, 0.3) is 11.8 Å². The van der Waals surface area contributed by atoms with Crippen LogP contribution in [-0.4, -0.2) is 23.6 Å². The molecule has 4 aromatic rings. The molecule has 0 aliphatic rings. The second-order valence-corrected chi connectivity index (χ2v) is 10.8. The maximum Gasteiger partial charge on any atom is 0.273 e. The Kier molecular flexibility index (Phi) is 13.8. The van der Waals surface area contributed by atoms with E-state index in [0.29, 0.717) is 48.7 Å². The van der Waals surface area contributed by atoms with Gasteiger partial charge in [-0.25, -0.2) is 0 Å². The summed E-state index contributed by atoms with van der Waals surface area (Å²) in [5.41, 5.74) is 12.4. The van der Waals surface area contributed by atoms with Gasteiger partial charge in [0.1, 0.15) is 24.7 Å². The lowest BCUT2D eigenvalue weighted by molar-refractivity contribution is -0.122. The summed E-state index contributed by atoms with van der Waals surface area (Å²) in [4.78, 5) is 49.8. The van der Waals surface area contributed by atoms with Gasteiger partial charge in [-0.1, -0.05) is 104 Å². The van der Waals surface area contributed by atoms with Gasteiger partial charge in [-0.05, 0) is 48.2 Å². The lowest BCUT2D eigenvalue weighted by Crippen LogP contribution is -2.41. The number of hydrogen-bond donors (Lipinski definition) is 4. The summed E-state index contributed by atoms with van der Waals surface area (Å²) in [5, 5.41) is 0. The zero-order valence-electron chi connectivity index (χ0n) is 26.2. The molecular formula is C37H40N4O6. The minimum atomic E-state index is -0.461. The lowest BCUT2D eigenvalue weighted by atomic mass is 10.1. The number of hydrazine groups is 2. The van der Waals surface area contributed by atoms with Gasteiger partial charge in [0.15, 0.2) is 0 Å². The van der Waals surface area contributed by atoms with Gasteiger partial charge < -0.3 is 9.47 Å². The molecule has 4 aromatic carbocycles. The van der Waals surface area contributed by atoms with Crippen molar-refractivity contribution in [2.75, 3.05) is 0 Å². The van der Waals surface area contributed by atoms with Crippen molar-refractivity contribution in [1.29, 1.82) is 0 Å². The highest BCUT2D eigenvalue weighted by atomic mass is 16.5. The van der Waals surface area contributed by atoms with Crippen molar-refractivity contribution in [3.05, 3.63) is 131 Å². The summed E-state index contributed by atoms with van der Waals surface area (Å²) >= 11 is 0. The normalized spacial score (nSPS) is 10.4. The summed E-state index contributed by atoms with van der Waals surface area (Å²) in [6.07, 6.45) is 4.26. The Balaban J connectivity index is 1.05. The molecule has 0 unspecified atom stereocenters. The molecule has 0 atom stereocenters. The minimum absolute atomic E-state index is 0.259. The molecule has 0 saturated heterocycles. The fourth-order valence-corrected chi connectivity index (χ4v) is 4.64. The van der Waals surface area contributed by atoms with Gasteiger partial charge in [-0.2, -0.15) is 0 Å². The highest BCUT2D eigenvalue weighted by Crippen LogP contribution is 2.20. The van der Waals surface area contributed by atoms with Crippen LogP contribution in [0.25, 0.3) is 0 Å². The molecule has 0 radical (unpaired) electrons. The number of nitrogens with one attached hydrogen (secondary N) is 4. The third-order valence-electron chi connectivity index (χ3n) is 7.18. The predicted molar refractivity (Wildman–Crippen MR) is 178 cm³/mol. The van der Waals surface area contributed by atoms with Crippen molar-refractivity contribution < 1.29 is 28.7 Å². The van der Waals surface area contributed by atoms with Gasteiger partial charge in [0.2, 0.25) is 11.8 Å². The standard InChI is InChI=1S/C37H40N4O6/c42-34(38-40-36(44)30-20-12-14-22-32(30)46-26-28-16-6-4-7-17-28)24-10-2-1-3-11-25-35(43)39-41-37(45)31-21-13-15-23-33(31)47-27-29-18-8-5-9-19-29/h4-9,12-23H,1-3,10-11,24-27H2,(H,38,42)(H,39,43)(H,40,44)(H,41,45). The van der Waals surface area contributed by atoms with E-state index in [2.05, 4.69) is 21.7 Å². The quantitative estimate of drug-likeness (QED) is 0.0908. The Bertz CT molecular complexity index is 1480. The highest BCUT2D eigenvalue weighted by molar-refractivity contribution is 5.98. The highest BCUT2D eigenvalue weighted by Gasteiger charge is 2.14. The van der Waals surface area contributed by atoms with E-state index in [4.69, 9.17) is 9.47 Å². The summed E-state index contributed by atoms with van der Waals surface area (Å²) in [7, 11) is 0. The molecule has 4 N–H and O–H groups in total. The first-order chi connectivity index (χ1) is 23.0. The molecule has 0 aliphatic heterocycles. The van der Waals surface area contributed by atoms with Gasteiger partial charge in [0, 0.05) is 12.8 Å². The van der Waals surface area contributed by atoms with E-state index in [1.807, 2.05) is 60.7 Å². The first-order valence-corrected chi connectivity index (χ1v) is 15.7. The number of carbonyl (C=O) groups is 4. The fraction of sp³-hybridized carbons (Fsp3) is 0.243. The molecule has 244 valence electrons. The molecule has 0 aliphatic carbocycles. The van der Waals surface area contributed by atoms with Crippen molar-refractivity contribution in [1.82, 2.24) is 21.7 Å². The molecule has 10 heteroatoms. The average molecular weight is 637 g/mol. The Labute approximate surface area is 274 Å². The predicted octanol–water partition coefficient (Wildman–Crippen LogP) is 5.80. The van der Waals surface area contributed by atoms with Crippen LogP contribution in [0.1, 0.15) is 76.8 Å². The zero-order valence-corrected chi connectivity index (χ0v) is 26.2. The number of rotatable bonds is 16. The number of para-hydroxylation sites is 2. The van der Waals surface area contributed by atoms with E-state index in [0.717, 1.165) is 30.4 Å². The molecule has 10 nitrogen and oxygen atoms in total. The maximum absolute atomic E-state index is 12.7. The van der Waals surface area contributed by atoms with Crippen LogP contribution in [0.3, 0.4) is 0 Å². The van der Waals surface area contributed by atoms with Crippen molar-refractivity contribution in [2.45, 2.75) is 58.2 Å². The van der Waals surface area contributed by atoms with Crippen molar-refractivity contribution in [2.24, 2.45) is 0 Å². The van der Waals surface area contributed by atoms with Crippen molar-refractivity contribution >= 4 is 23.6 Å². The molecule has 0 heterocycles. The summed E-state index contributed by atoms with van der Waals surface area (Å²) in [6.45, 7) is 0.638. The second kappa shape index (κ2) is 19.0. The van der Waals surface area contributed by atoms with Crippen molar-refractivity contribution in [3.8, 4) is 11.5 Å². The van der Waals surface area contributed by atoms with Crippen LogP contribution < -0.4 is 31.2 Å². The Morgan fingerprint density at radius 1 is 0.426 bits per heavy atom. The van der Waals surface area contributed by atoms with E-state index in [-0.39, 0.29) is 24.7 Å². The third-order valence-corrected chi connectivity index (χ3v) is 7.18. The third kappa shape index (κ3) is 12.0. The SMILES string of the molecule is O=C(CCCCCCCC(=O)NNC(=O)c1ccccc1OCc1ccccc1)NNC(=O)c1ccccc1OCc1ccccc1. The molecule has 0 spiro atoms. The van der Waals surface area contributed by atoms with Gasteiger partial charge in [0.05, 0.1) is 11.1 Å². The number of carbonyl (C=O) groups excluding carboxylic acids is 4. The average Bonchev–Trinajstić information content (AvgIpc) is 3.11. The number of hydrogen-bond acceptors (Lipinski definition) is 6. The molecule has 0 fully saturated rings. The van der Waals surface area contributed by atoms with Crippen LogP contribution >= 0.6 is 0 Å². The number of benzene rings is 4. The monoisotopic (exact) mass is 636 g/mol. The first kappa shape index (κ1) is 34.2. The molecule has 4 amide bonds. The van der Waals surface area contributed by atoms with Crippen LogP contribution in [0.4, 0.5) is 0 Å². The summed E-state index contributed by atoms with van der Waals surface area (Å²) in [5.74, 6) is -0.650. The van der Waals surface area contributed by atoms with E-state index >= 15 is 0 Å². The Morgan fingerprint density at radius 3 is 1.21 bits per heavy atom. The minimum Gasteiger partial charge on any atom is -0.488 e. The lowest BCUT2D eigenvalue weighted by Gasteiger charge is -2.12. The zero-order chi connectivity index (χ0) is 33.1. The van der Waals surface area contributed by atoms with Gasteiger partial charge in [-0.15, -0.1) is 0 Å². The smallest absolute Gasteiger partial charge is 0.273 e. The Morgan fingerprint density at radius 2 is 0.787 bits per heavy atom. The fourth-order valence-electron chi connectivity index (χ4n) is 4.64. The first-order valence-electron chi connectivity index (χ1n) is 15.7. The molecule has 0 saturated carbocycles. The van der Waals surface area contributed by atoms with E-state index in [9.17, 15) is 19.2 Å². The molecule has 0 bridgehead atoms. The summed E-state index contributed by atoms with van der Waals surface area (Å²) in [6, 6.07) is 33.0. The van der Waals surface area contributed by atoms with Gasteiger partial charge >= 0.3 is 0 Å². The van der Waals surface area contributed by atoms with Crippen LogP contribution in [0.2, 0.25) is 0 Å². The molecule has 47 heavy (non-hydrogen) atoms. The van der Waals surface area contributed by atoms with Crippen LogP contribution in [0, 0.1) is 0 Å². The summed E-state index contributed by atoms with van der Waals surface area (Å²) < 4.78 is 11.6. The van der Waals surface area contributed by atoms with Crippen LogP contribution in [0.5, 0.6) is 11.5 Å². The van der Waals surface area contributed by atoms with E-state index in [1.54, 1.807) is 48.5 Å².